The Morgan fingerprint density at radius 3 is 2.51 bits per heavy atom. The summed E-state index contributed by atoms with van der Waals surface area (Å²) in [6.07, 6.45) is -2.63. The van der Waals surface area contributed by atoms with Gasteiger partial charge in [0.25, 0.3) is 11.8 Å². The molecule has 2 aromatic heterocycles. The maximum Gasteiger partial charge on any atom is 0.390 e. The van der Waals surface area contributed by atoms with Crippen molar-refractivity contribution < 1.29 is 31.5 Å². The van der Waals surface area contributed by atoms with Gasteiger partial charge in [0.05, 0.1) is 36.1 Å². The van der Waals surface area contributed by atoms with E-state index in [2.05, 4.69) is 30.3 Å². The fraction of sp³-hybridized carbons (Fsp3) is 0.318. The van der Waals surface area contributed by atoms with E-state index in [1.807, 2.05) is 0 Å². The molecule has 0 spiro atoms. The second-order valence-corrected chi connectivity index (χ2v) is 9.04. The summed E-state index contributed by atoms with van der Waals surface area (Å²) >= 11 is 0.972. The number of hydrogen-bond donors (Lipinski definition) is 3. The number of anilines is 3. The standard InChI is InChI=1S/C22H20F5N7O2S/c1-11-18(20(36)30-12-2-3-14(23)15(24)6-12)21(37-33-11)32-17-8-28-16(7-29-17)19(35)31-13-9-34(10-13)5-4-22(25,26)27/h2-3,6-8,13H,4-5,9-10H2,1H3,(H,29,32)(H,30,36)(H,31,35). The number of rotatable bonds is 8. The minimum atomic E-state index is -4.22. The van der Waals surface area contributed by atoms with E-state index in [-0.39, 0.29) is 35.3 Å². The normalized spacial score (nSPS) is 14.2. The first-order valence-electron chi connectivity index (χ1n) is 10.9. The van der Waals surface area contributed by atoms with Crippen molar-refractivity contribution in [3.8, 4) is 0 Å². The largest absolute Gasteiger partial charge is 0.390 e. The summed E-state index contributed by atoms with van der Waals surface area (Å²) in [5.41, 5.74) is 0.626. The molecular formula is C22H20F5N7O2S. The van der Waals surface area contributed by atoms with Crippen molar-refractivity contribution in [1.82, 2.24) is 24.6 Å². The average Bonchev–Trinajstić information content (AvgIpc) is 3.17. The van der Waals surface area contributed by atoms with Crippen molar-refractivity contribution >= 4 is 39.9 Å². The highest BCUT2D eigenvalue weighted by Gasteiger charge is 2.33. The Morgan fingerprint density at radius 1 is 1.11 bits per heavy atom. The first kappa shape index (κ1) is 26.3. The SMILES string of the molecule is Cc1nsc(Nc2cnc(C(=O)NC3CN(CCC(F)(F)F)C3)cn2)c1C(=O)Nc1ccc(F)c(F)c1. The number of aromatic nitrogens is 3. The van der Waals surface area contributed by atoms with Crippen LogP contribution in [0.2, 0.25) is 0 Å². The van der Waals surface area contributed by atoms with Gasteiger partial charge in [-0.1, -0.05) is 0 Å². The third-order valence-corrected chi connectivity index (χ3v) is 6.25. The molecule has 1 aliphatic rings. The first-order valence-corrected chi connectivity index (χ1v) is 11.7. The van der Waals surface area contributed by atoms with Gasteiger partial charge in [-0.05, 0) is 30.6 Å². The van der Waals surface area contributed by atoms with Crippen molar-refractivity contribution in [2.45, 2.75) is 25.6 Å². The van der Waals surface area contributed by atoms with E-state index in [4.69, 9.17) is 0 Å². The van der Waals surface area contributed by atoms with Gasteiger partial charge in [-0.25, -0.2) is 18.7 Å². The molecule has 3 N–H and O–H groups in total. The van der Waals surface area contributed by atoms with Crippen LogP contribution in [0.15, 0.2) is 30.6 Å². The van der Waals surface area contributed by atoms with E-state index in [9.17, 15) is 31.5 Å². The lowest BCUT2D eigenvalue weighted by atomic mass is 10.1. The maximum atomic E-state index is 13.5. The number of carbonyl (C=O) groups excluding carboxylic acids is 2. The van der Waals surface area contributed by atoms with Gasteiger partial charge in [0.1, 0.15) is 16.5 Å². The Bertz CT molecular complexity index is 1290. The van der Waals surface area contributed by atoms with Gasteiger partial charge in [0.15, 0.2) is 11.6 Å². The summed E-state index contributed by atoms with van der Waals surface area (Å²) in [7, 11) is 0. The molecular weight excluding hydrogens is 521 g/mol. The number of carbonyl (C=O) groups is 2. The summed E-state index contributed by atoms with van der Waals surface area (Å²) < 4.78 is 67.6. The molecule has 4 rings (SSSR count). The van der Waals surface area contributed by atoms with Crippen molar-refractivity contribution in [2.75, 3.05) is 30.3 Å². The second-order valence-electron chi connectivity index (χ2n) is 8.26. The minimum Gasteiger partial charge on any atom is -0.345 e. The lowest BCUT2D eigenvalue weighted by Crippen LogP contribution is -2.59. The predicted molar refractivity (Wildman–Crippen MR) is 125 cm³/mol. The van der Waals surface area contributed by atoms with Gasteiger partial charge in [-0.2, -0.15) is 17.5 Å². The van der Waals surface area contributed by atoms with Gasteiger partial charge >= 0.3 is 6.18 Å². The monoisotopic (exact) mass is 541 g/mol. The summed E-state index contributed by atoms with van der Waals surface area (Å²) in [5, 5.41) is 8.39. The van der Waals surface area contributed by atoms with Crippen molar-refractivity contribution in [1.29, 1.82) is 0 Å². The molecule has 3 aromatic rings. The maximum absolute atomic E-state index is 13.5. The van der Waals surface area contributed by atoms with Gasteiger partial charge in [-0.3, -0.25) is 14.5 Å². The molecule has 2 amide bonds. The summed E-state index contributed by atoms with van der Waals surface area (Å²) in [4.78, 5) is 34.9. The zero-order chi connectivity index (χ0) is 26.7. The van der Waals surface area contributed by atoms with Crippen LogP contribution in [0.25, 0.3) is 0 Å². The molecule has 0 atom stereocenters. The Morgan fingerprint density at radius 2 is 1.86 bits per heavy atom. The molecule has 0 unspecified atom stereocenters. The van der Waals surface area contributed by atoms with Crippen LogP contribution in [0.3, 0.4) is 0 Å². The number of halogens is 5. The molecule has 15 heteroatoms. The molecule has 0 aliphatic carbocycles. The summed E-state index contributed by atoms with van der Waals surface area (Å²) in [5.74, 6) is -3.05. The van der Waals surface area contributed by atoms with E-state index in [1.165, 1.54) is 18.5 Å². The van der Waals surface area contributed by atoms with Crippen LogP contribution < -0.4 is 16.0 Å². The van der Waals surface area contributed by atoms with E-state index in [1.54, 1.807) is 11.8 Å². The molecule has 0 radical (unpaired) electrons. The molecule has 1 saturated heterocycles. The molecule has 3 heterocycles. The average molecular weight is 542 g/mol. The minimum absolute atomic E-state index is 0.0103. The van der Waals surface area contributed by atoms with Crippen LogP contribution in [-0.2, 0) is 0 Å². The number of amides is 2. The van der Waals surface area contributed by atoms with Crippen LogP contribution in [-0.4, -0.2) is 62.9 Å². The van der Waals surface area contributed by atoms with Crippen LogP contribution in [0.1, 0.15) is 33.0 Å². The van der Waals surface area contributed by atoms with Crippen LogP contribution in [0.4, 0.5) is 38.5 Å². The van der Waals surface area contributed by atoms with Crippen LogP contribution >= 0.6 is 11.5 Å². The fourth-order valence-electron chi connectivity index (χ4n) is 3.50. The smallest absolute Gasteiger partial charge is 0.345 e. The number of alkyl halides is 3. The van der Waals surface area contributed by atoms with E-state index in [0.717, 1.165) is 23.7 Å². The number of aryl methyl sites for hydroxylation is 1. The number of likely N-dealkylation sites (tertiary alicyclic amines) is 1. The molecule has 0 saturated carbocycles. The van der Waals surface area contributed by atoms with Crippen molar-refractivity contribution in [2.24, 2.45) is 0 Å². The number of nitrogens with one attached hydrogen (secondary N) is 3. The summed E-state index contributed by atoms with van der Waals surface area (Å²) in [6, 6.07) is 2.69. The van der Waals surface area contributed by atoms with Gasteiger partial charge < -0.3 is 16.0 Å². The number of benzene rings is 1. The van der Waals surface area contributed by atoms with Gasteiger partial charge in [-0.15, -0.1) is 0 Å². The first-order chi connectivity index (χ1) is 17.5. The molecule has 196 valence electrons. The van der Waals surface area contributed by atoms with E-state index >= 15 is 0 Å². The highest BCUT2D eigenvalue weighted by molar-refractivity contribution is 7.10. The second kappa shape index (κ2) is 10.7. The van der Waals surface area contributed by atoms with Crippen LogP contribution in [0, 0.1) is 18.6 Å². The Hall–Kier alpha value is -3.72. The zero-order valence-corrected chi connectivity index (χ0v) is 20.0. The lowest BCUT2D eigenvalue weighted by Gasteiger charge is -2.39. The Labute approximate surface area is 211 Å². The zero-order valence-electron chi connectivity index (χ0n) is 19.2. The topological polar surface area (TPSA) is 112 Å². The van der Waals surface area contributed by atoms with Crippen molar-refractivity contribution in [3.63, 3.8) is 0 Å². The molecule has 9 nitrogen and oxygen atoms in total. The highest BCUT2D eigenvalue weighted by Crippen LogP contribution is 2.28. The fourth-order valence-corrected chi connectivity index (χ4v) is 4.31. The van der Waals surface area contributed by atoms with E-state index < -0.39 is 36.0 Å². The molecule has 1 aromatic carbocycles. The van der Waals surface area contributed by atoms with Gasteiger partial charge in [0.2, 0.25) is 0 Å². The Kier molecular flexibility index (Phi) is 7.63. The molecule has 1 fully saturated rings. The summed E-state index contributed by atoms with van der Waals surface area (Å²) in [6.45, 7) is 2.11. The number of hydrogen-bond acceptors (Lipinski definition) is 8. The van der Waals surface area contributed by atoms with Crippen molar-refractivity contribution in [3.05, 3.63) is 59.2 Å². The van der Waals surface area contributed by atoms with Gasteiger partial charge in [0, 0.05) is 31.4 Å². The molecule has 1 aliphatic heterocycles. The lowest BCUT2D eigenvalue weighted by molar-refractivity contribution is -0.140. The predicted octanol–water partition coefficient (Wildman–Crippen LogP) is 3.88. The number of nitrogens with zero attached hydrogens (tertiary/aromatic N) is 4. The quantitative estimate of drug-likeness (QED) is 0.371. The molecule has 37 heavy (non-hydrogen) atoms. The van der Waals surface area contributed by atoms with E-state index in [0.29, 0.717) is 23.8 Å². The Balaban J connectivity index is 1.33. The van der Waals surface area contributed by atoms with Crippen LogP contribution in [0.5, 0.6) is 0 Å². The third-order valence-electron chi connectivity index (χ3n) is 5.40. The third kappa shape index (κ3) is 6.74. The highest BCUT2D eigenvalue weighted by atomic mass is 32.1. The molecule has 0 bridgehead atoms.